The topological polar surface area (TPSA) is 72.2 Å². The van der Waals surface area contributed by atoms with Crippen LogP contribution in [0.25, 0.3) is 0 Å². The van der Waals surface area contributed by atoms with Gasteiger partial charge in [-0.05, 0) is 25.8 Å². The van der Waals surface area contributed by atoms with Crippen LogP contribution >= 0.6 is 11.3 Å². The molecule has 0 radical (unpaired) electrons. The van der Waals surface area contributed by atoms with Gasteiger partial charge in [-0.15, -0.1) is 11.3 Å². The number of hydrogen-bond acceptors (Lipinski definition) is 4. The Balaban J connectivity index is 2.14. The van der Waals surface area contributed by atoms with Crippen molar-refractivity contribution in [3.63, 3.8) is 0 Å². The summed E-state index contributed by atoms with van der Waals surface area (Å²) in [5, 5.41) is 0. The van der Waals surface area contributed by atoms with Gasteiger partial charge in [0.2, 0.25) is 10.0 Å². The maximum absolute atomic E-state index is 12.4. The molecule has 0 bridgehead atoms. The predicted octanol–water partition coefficient (Wildman–Crippen LogP) is 2.52. The normalized spacial score (nSPS) is 18.4. The van der Waals surface area contributed by atoms with Crippen LogP contribution in [0.5, 0.6) is 0 Å². The molecule has 1 aromatic heterocycles. The molecule has 108 valence electrons. The van der Waals surface area contributed by atoms with E-state index in [1.54, 1.807) is 6.07 Å². The molecule has 1 saturated carbocycles. The molecule has 0 unspecified atom stereocenters. The Morgan fingerprint density at radius 1 is 1.32 bits per heavy atom. The molecule has 3 N–H and O–H groups in total. The highest BCUT2D eigenvalue weighted by Gasteiger charge is 2.24. The van der Waals surface area contributed by atoms with Crippen molar-refractivity contribution < 1.29 is 8.42 Å². The maximum atomic E-state index is 12.4. The molecule has 1 fully saturated rings. The summed E-state index contributed by atoms with van der Waals surface area (Å²) >= 11 is 1.46. The Hall–Kier alpha value is -0.430. The molecule has 1 heterocycles. The Labute approximate surface area is 119 Å². The van der Waals surface area contributed by atoms with Crippen LogP contribution in [-0.2, 0) is 16.6 Å². The van der Waals surface area contributed by atoms with E-state index < -0.39 is 10.0 Å². The molecule has 6 heteroatoms. The summed E-state index contributed by atoms with van der Waals surface area (Å²) in [6.07, 6.45) is 6.56. The molecule has 0 saturated heterocycles. The van der Waals surface area contributed by atoms with Crippen molar-refractivity contribution in [1.82, 2.24) is 4.72 Å². The first kappa shape index (κ1) is 15.0. The van der Waals surface area contributed by atoms with Crippen LogP contribution in [-0.4, -0.2) is 14.5 Å². The zero-order valence-corrected chi connectivity index (χ0v) is 12.9. The molecule has 1 aromatic rings. The third-order valence-electron chi connectivity index (χ3n) is 3.59. The van der Waals surface area contributed by atoms with Crippen molar-refractivity contribution in [3.05, 3.63) is 15.8 Å². The minimum Gasteiger partial charge on any atom is -0.326 e. The van der Waals surface area contributed by atoms with Gasteiger partial charge in [-0.3, -0.25) is 0 Å². The lowest BCUT2D eigenvalue weighted by atomic mass is 10.1. The Kier molecular flexibility index (Phi) is 5.00. The fourth-order valence-corrected chi connectivity index (χ4v) is 5.39. The van der Waals surface area contributed by atoms with Crippen LogP contribution in [0.3, 0.4) is 0 Å². The standard InChI is InChI=1S/C13H22N2O2S2/c1-10-13(8-12(9-14)18-10)19(16,17)15-11-6-4-2-3-5-7-11/h8,11,15H,2-7,9,14H2,1H3. The predicted molar refractivity (Wildman–Crippen MR) is 78.8 cm³/mol. The fraction of sp³-hybridized carbons (Fsp3) is 0.692. The van der Waals surface area contributed by atoms with Gasteiger partial charge in [0.25, 0.3) is 0 Å². The highest BCUT2D eigenvalue weighted by atomic mass is 32.2. The Morgan fingerprint density at radius 2 is 1.95 bits per heavy atom. The highest BCUT2D eigenvalue weighted by molar-refractivity contribution is 7.89. The van der Waals surface area contributed by atoms with E-state index in [1.807, 2.05) is 6.92 Å². The van der Waals surface area contributed by atoms with Gasteiger partial charge in [-0.2, -0.15) is 0 Å². The van der Waals surface area contributed by atoms with Gasteiger partial charge in [-0.25, -0.2) is 13.1 Å². The van der Waals surface area contributed by atoms with Gasteiger partial charge >= 0.3 is 0 Å². The first-order chi connectivity index (χ1) is 9.03. The summed E-state index contributed by atoms with van der Waals surface area (Å²) in [6, 6.07) is 1.80. The molecule has 4 nitrogen and oxygen atoms in total. The minimum absolute atomic E-state index is 0.0909. The SMILES string of the molecule is Cc1sc(CN)cc1S(=O)(=O)NC1CCCCCC1. The Bertz CT molecular complexity index is 515. The summed E-state index contributed by atoms with van der Waals surface area (Å²) in [6.45, 7) is 2.23. The monoisotopic (exact) mass is 302 g/mol. The first-order valence-electron chi connectivity index (χ1n) is 6.84. The van der Waals surface area contributed by atoms with Gasteiger partial charge in [0.1, 0.15) is 0 Å². The van der Waals surface area contributed by atoms with Crippen molar-refractivity contribution in [1.29, 1.82) is 0 Å². The van der Waals surface area contributed by atoms with Gasteiger partial charge < -0.3 is 5.73 Å². The van der Waals surface area contributed by atoms with Gasteiger partial charge in [0.15, 0.2) is 0 Å². The van der Waals surface area contributed by atoms with Gasteiger partial charge in [0.05, 0.1) is 4.90 Å². The summed E-state index contributed by atoms with van der Waals surface area (Å²) in [5.74, 6) is 0. The summed E-state index contributed by atoms with van der Waals surface area (Å²) in [4.78, 5) is 2.14. The average molecular weight is 302 g/mol. The molecule has 0 aromatic carbocycles. The zero-order chi connectivity index (χ0) is 13.9. The second-order valence-electron chi connectivity index (χ2n) is 5.15. The number of nitrogens with two attached hydrogens (primary N) is 1. The summed E-state index contributed by atoms with van der Waals surface area (Å²) < 4.78 is 27.7. The van der Waals surface area contributed by atoms with E-state index in [4.69, 9.17) is 5.73 Å². The number of hydrogen-bond donors (Lipinski definition) is 2. The van der Waals surface area contributed by atoms with E-state index >= 15 is 0 Å². The van der Waals surface area contributed by atoms with Gasteiger partial charge in [-0.1, -0.05) is 25.7 Å². The minimum atomic E-state index is -3.39. The third-order valence-corrected chi connectivity index (χ3v) is 6.44. The van der Waals surface area contributed by atoms with Crippen molar-refractivity contribution in [2.75, 3.05) is 0 Å². The zero-order valence-electron chi connectivity index (χ0n) is 11.3. The quantitative estimate of drug-likeness (QED) is 0.839. The molecule has 1 aliphatic carbocycles. The van der Waals surface area contributed by atoms with Crippen molar-refractivity contribution in [2.45, 2.75) is 62.9 Å². The van der Waals surface area contributed by atoms with Crippen LogP contribution in [0.15, 0.2) is 11.0 Å². The van der Waals surface area contributed by atoms with Gasteiger partial charge in [0, 0.05) is 22.3 Å². The molecule has 1 aliphatic rings. The van der Waals surface area contributed by atoms with Crippen LogP contribution in [0.2, 0.25) is 0 Å². The molecule has 2 rings (SSSR count). The number of rotatable bonds is 4. The van der Waals surface area contributed by atoms with Crippen molar-refractivity contribution in [3.8, 4) is 0 Å². The molecule has 0 atom stereocenters. The second-order valence-corrected chi connectivity index (χ2v) is 8.17. The number of thiophene rings is 1. The molecular formula is C13H22N2O2S2. The third kappa shape index (κ3) is 3.78. The molecule has 0 aliphatic heterocycles. The van der Waals surface area contributed by atoms with Crippen LogP contribution in [0, 0.1) is 6.92 Å². The van der Waals surface area contributed by atoms with Crippen molar-refractivity contribution in [2.24, 2.45) is 5.73 Å². The molecule has 0 spiro atoms. The van der Waals surface area contributed by atoms with Crippen LogP contribution in [0.1, 0.15) is 48.3 Å². The lowest BCUT2D eigenvalue weighted by Crippen LogP contribution is -2.34. The van der Waals surface area contributed by atoms with Crippen molar-refractivity contribution >= 4 is 21.4 Å². The van der Waals surface area contributed by atoms with E-state index in [0.29, 0.717) is 11.4 Å². The lowest BCUT2D eigenvalue weighted by molar-refractivity contribution is 0.510. The fourth-order valence-electron chi connectivity index (χ4n) is 2.57. The summed E-state index contributed by atoms with van der Waals surface area (Å²) in [7, 11) is -3.39. The van der Waals surface area contributed by atoms with E-state index in [1.165, 1.54) is 24.2 Å². The first-order valence-corrected chi connectivity index (χ1v) is 9.14. The van der Waals surface area contributed by atoms with E-state index in [-0.39, 0.29) is 6.04 Å². The smallest absolute Gasteiger partial charge is 0.241 e. The van der Waals surface area contributed by atoms with E-state index in [9.17, 15) is 8.42 Å². The average Bonchev–Trinajstić information content (AvgIpc) is 2.57. The molecular weight excluding hydrogens is 280 g/mol. The highest BCUT2D eigenvalue weighted by Crippen LogP contribution is 2.26. The van der Waals surface area contributed by atoms with E-state index in [0.717, 1.165) is 35.4 Å². The Morgan fingerprint density at radius 3 is 2.47 bits per heavy atom. The number of nitrogens with one attached hydrogen (secondary N) is 1. The largest absolute Gasteiger partial charge is 0.326 e. The lowest BCUT2D eigenvalue weighted by Gasteiger charge is -2.16. The second kappa shape index (κ2) is 6.35. The number of sulfonamides is 1. The summed E-state index contributed by atoms with van der Waals surface area (Å²) in [5.41, 5.74) is 5.58. The van der Waals surface area contributed by atoms with Crippen LogP contribution in [0.4, 0.5) is 0 Å². The molecule has 19 heavy (non-hydrogen) atoms. The molecule has 0 amide bonds. The van der Waals surface area contributed by atoms with Crippen LogP contribution < -0.4 is 10.5 Å². The number of aryl methyl sites for hydroxylation is 1. The van der Waals surface area contributed by atoms with E-state index in [2.05, 4.69) is 4.72 Å². The maximum Gasteiger partial charge on any atom is 0.241 e.